The lowest BCUT2D eigenvalue weighted by atomic mass is 10.2. The van der Waals surface area contributed by atoms with Crippen LogP contribution in [0.5, 0.6) is 0 Å². The van der Waals surface area contributed by atoms with Crippen LogP contribution in [0.15, 0.2) is 65.6 Å². The molecule has 2 aromatic carbocycles. The van der Waals surface area contributed by atoms with Gasteiger partial charge < -0.3 is 9.47 Å². The van der Waals surface area contributed by atoms with Gasteiger partial charge in [-0.25, -0.2) is 0 Å². The molecule has 0 bridgehead atoms. The highest BCUT2D eigenvalue weighted by Gasteiger charge is 2.23. The van der Waals surface area contributed by atoms with Gasteiger partial charge in [-0.05, 0) is 50.6 Å². The van der Waals surface area contributed by atoms with Crippen molar-refractivity contribution in [3.05, 3.63) is 82.5 Å². The van der Waals surface area contributed by atoms with E-state index >= 15 is 0 Å². The highest BCUT2D eigenvalue weighted by molar-refractivity contribution is 5.95. The van der Waals surface area contributed by atoms with E-state index in [1.807, 2.05) is 73.3 Å². The molecular formula is C24H22N4O2. The molecule has 5 rings (SSSR count). The Bertz CT molecular complexity index is 1330. The van der Waals surface area contributed by atoms with Crippen LogP contribution in [0, 0.1) is 13.8 Å². The zero-order valence-corrected chi connectivity index (χ0v) is 17.0. The molecule has 0 aliphatic carbocycles. The molecule has 30 heavy (non-hydrogen) atoms. The fraction of sp³-hybridized carbons (Fsp3) is 0.208. The largest absolute Gasteiger partial charge is 0.317 e. The number of para-hydroxylation sites is 1. The maximum Gasteiger partial charge on any atom is 0.281 e. The zero-order valence-electron chi connectivity index (χ0n) is 17.0. The van der Waals surface area contributed by atoms with Crippen molar-refractivity contribution in [2.45, 2.75) is 26.7 Å². The smallest absolute Gasteiger partial charge is 0.281 e. The second kappa shape index (κ2) is 6.99. The van der Waals surface area contributed by atoms with Gasteiger partial charge in [0.25, 0.3) is 5.56 Å². The molecule has 150 valence electrons. The third kappa shape index (κ3) is 2.76. The predicted octanol–water partition coefficient (Wildman–Crippen LogP) is 3.92. The van der Waals surface area contributed by atoms with E-state index in [4.69, 9.17) is 0 Å². The van der Waals surface area contributed by atoms with E-state index in [9.17, 15) is 9.59 Å². The Morgan fingerprint density at radius 2 is 1.60 bits per heavy atom. The monoisotopic (exact) mass is 398 g/mol. The number of hydrogen-bond donors (Lipinski definition) is 0. The van der Waals surface area contributed by atoms with E-state index in [1.54, 1.807) is 6.20 Å². The molecule has 6 heteroatoms. The number of carbonyl (C=O) groups is 1. The van der Waals surface area contributed by atoms with E-state index in [0.29, 0.717) is 11.8 Å². The standard InChI is InChI=1S/C24H22N4O2/c1-16-21-15-25-28(18-8-4-3-5-9-18)24(30)23(21)17(2)27(16)20-11-6-10-19(14-20)26-13-7-12-22(26)29/h3-6,8-11,14-15H,7,12-13H2,1-2H3. The molecule has 1 aliphatic heterocycles. The molecule has 0 saturated carbocycles. The van der Waals surface area contributed by atoms with Gasteiger partial charge in [-0.1, -0.05) is 24.3 Å². The summed E-state index contributed by atoms with van der Waals surface area (Å²) in [4.78, 5) is 27.3. The summed E-state index contributed by atoms with van der Waals surface area (Å²) >= 11 is 0. The Hall–Kier alpha value is -3.67. The molecule has 0 N–H and O–H groups in total. The number of amides is 1. The summed E-state index contributed by atoms with van der Waals surface area (Å²) < 4.78 is 3.52. The Morgan fingerprint density at radius 3 is 2.33 bits per heavy atom. The molecule has 1 saturated heterocycles. The van der Waals surface area contributed by atoms with Crippen molar-refractivity contribution in [2.75, 3.05) is 11.4 Å². The van der Waals surface area contributed by atoms with Gasteiger partial charge in [0.15, 0.2) is 0 Å². The van der Waals surface area contributed by atoms with Gasteiger partial charge in [-0.15, -0.1) is 0 Å². The summed E-state index contributed by atoms with van der Waals surface area (Å²) in [7, 11) is 0. The van der Waals surface area contributed by atoms with Gasteiger partial charge in [0.1, 0.15) is 0 Å². The average Bonchev–Trinajstić information content (AvgIpc) is 3.30. The molecule has 0 atom stereocenters. The summed E-state index contributed by atoms with van der Waals surface area (Å²) in [5, 5.41) is 5.92. The molecule has 1 aliphatic rings. The first-order chi connectivity index (χ1) is 14.6. The molecule has 1 fully saturated rings. The minimum absolute atomic E-state index is 0.135. The van der Waals surface area contributed by atoms with Gasteiger partial charge >= 0.3 is 0 Å². The van der Waals surface area contributed by atoms with E-state index in [2.05, 4.69) is 9.67 Å². The van der Waals surface area contributed by atoms with Crippen molar-refractivity contribution in [3.63, 3.8) is 0 Å². The minimum atomic E-state index is -0.135. The Labute approximate surface area is 174 Å². The minimum Gasteiger partial charge on any atom is -0.317 e. The van der Waals surface area contributed by atoms with Crippen LogP contribution in [-0.2, 0) is 4.79 Å². The first-order valence-corrected chi connectivity index (χ1v) is 10.1. The lowest BCUT2D eigenvalue weighted by molar-refractivity contribution is -0.117. The number of carbonyl (C=O) groups excluding carboxylic acids is 1. The Kier molecular flexibility index (Phi) is 4.28. The molecule has 0 spiro atoms. The van der Waals surface area contributed by atoms with E-state index in [1.165, 1.54) is 4.68 Å². The van der Waals surface area contributed by atoms with Crippen molar-refractivity contribution >= 4 is 22.4 Å². The number of rotatable bonds is 3. The molecule has 2 aromatic heterocycles. The van der Waals surface area contributed by atoms with E-state index in [-0.39, 0.29) is 11.5 Å². The van der Waals surface area contributed by atoms with Crippen LogP contribution in [0.3, 0.4) is 0 Å². The Balaban J connectivity index is 1.69. The molecule has 3 heterocycles. The summed E-state index contributed by atoms with van der Waals surface area (Å²) in [6.45, 7) is 4.70. The summed E-state index contributed by atoms with van der Waals surface area (Å²) in [6.07, 6.45) is 3.25. The zero-order chi connectivity index (χ0) is 20.8. The van der Waals surface area contributed by atoms with Crippen LogP contribution in [0.2, 0.25) is 0 Å². The second-order valence-corrected chi connectivity index (χ2v) is 7.66. The maximum absolute atomic E-state index is 13.3. The quantitative estimate of drug-likeness (QED) is 0.526. The van der Waals surface area contributed by atoms with Gasteiger partial charge in [0.05, 0.1) is 17.3 Å². The van der Waals surface area contributed by atoms with Crippen molar-refractivity contribution in [1.82, 2.24) is 14.3 Å². The first-order valence-electron chi connectivity index (χ1n) is 10.1. The molecule has 1 amide bonds. The lowest BCUT2D eigenvalue weighted by Gasteiger charge is -2.18. The van der Waals surface area contributed by atoms with Gasteiger partial charge in [0, 0.05) is 41.1 Å². The Morgan fingerprint density at radius 1 is 0.867 bits per heavy atom. The molecule has 0 radical (unpaired) electrons. The molecular weight excluding hydrogens is 376 g/mol. The van der Waals surface area contributed by atoms with Crippen molar-refractivity contribution in [2.24, 2.45) is 0 Å². The van der Waals surface area contributed by atoms with Crippen molar-refractivity contribution in [3.8, 4) is 11.4 Å². The first kappa shape index (κ1) is 18.4. The van der Waals surface area contributed by atoms with Gasteiger partial charge in [0.2, 0.25) is 5.91 Å². The number of aryl methyl sites for hydroxylation is 2. The van der Waals surface area contributed by atoms with Crippen LogP contribution in [0.25, 0.3) is 22.1 Å². The van der Waals surface area contributed by atoms with Gasteiger partial charge in [-0.3, -0.25) is 9.59 Å². The molecule has 4 aromatic rings. The third-order valence-electron chi connectivity index (χ3n) is 5.87. The normalized spacial score (nSPS) is 14.1. The summed E-state index contributed by atoms with van der Waals surface area (Å²) in [5.74, 6) is 0.160. The fourth-order valence-corrected chi connectivity index (χ4v) is 4.42. The van der Waals surface area contributed by atoms with E-state index in [0.717, 1.165) is 46.8 Å². The SMILES string of the molecule is Cc1c2cnn(-c3ccccc3)c(=O)c2c(C)n1-c1cccc(N2CCCC2=O)c1. The van der Waals surface area contributed by atoms with Crippen LogP contribution >= 0.6 is 0 Å². The molecule has 6 nitrogen and oxygen atoms in total. The fourth-order valence-electron chi connectivity index (χ4n) is 4.42. The highest BCUT2D eigenvalue weighted by Crippen LogP contribution is 2.29. The highest BCUT2D eigenvalue weighted by atomic mass is 16.2. The summed E-state index contributed by atoms with van der Waals surface area (Å²) in [6, 6.07) is 17.4. The third-order valence-corrected chi connectivity index (χ3v) is 5.87. The van der Waals surface area contributed by atoms with Crippen LogP contribution in [0.4, 0.5) is 5.69 Å². The summed E-state index contributed by atoms with van der Waals surface area (Å²) in [5.41, 5.74) is 4.25. The van der Waals surface area contributed by atoms with Crippen molar-refractivity contribution < 1.29 is 4.79 Å². The topological polar surface area (TPSA) is 60.1 Å². The van der Waals surface area contributed by atoms with E-state index < -0.39 is 0 Å². The number of fused-ring (bicyclic) bond motifs is 1. The number of hydrogen-bond acceptors (Lipinski definition) is 3. The van der Waals surface area contributed by atoms with Crippen LogP contribution < -0.4 is 10.5 Å². The lowest BCUT2D eigenvalue weighted by Crippen LogP contribution is -2.23. The molecule has 0 unspecified atom stereocenters. The average molecular weight is 398 g/mol. The number of anilines is 1. The van der Waals surface area contributed by atoms with Crippen LogP contribution in [0.1, 0.15) is 24.2 Å². The number of nitrogens with zero attached hydrogens (tertiary/aromatic N) is 4. The second-order valence-electron chi connectivity index (χ2n) is 7.66. The van der Waals surface area contributed by atoms with Crippen LogP contribution in [-0.4, -0.2) is 26.8 Å². The van der Waals surface area contributed by atoms with Crippen molar-refractivity contribution in [1.29, 1.82) is 0 Å². The number of aromatic nitrogens is 3. The predicted molar refractivity (Wildman–Crippen MR) is 118 cm³/mol. The van der Waals surface area contributed by atoms with Gasteiger partial charge in [-0.2, -0.15) is 9.78 Å². The number of benzene rings is 2. The maximum atomic E-state index is 13.3.